The summed E-state index contributed by atoms with van der Waals surface area (Å²) in [6.07, 6.45) is -14.0. The average molecular weight is 651 g/mol. The van der Waals surface area contributed by atoms with E-state index >= 15 is 0 Å². The SMILES string of the molecule is COC1(C)O[C@@H]2O[C@H](COC(C)=O)[C@@H](OC(C)=O)[C@H](O[C@H]3O[C@H](COC(C)=O)[C@@H](OC(C)=O)[C@H](OC(C)=O)[C@@H]3OC(C)=O)[C@@H]2O1. The predicted octanol–water partition coefficient (Wildman–Crippen LogP) is -0.590. The lowest BCUT2D eigenvalue weighted by Crippen LogP contribution is -2.66. The molecule has 0 aromatic rings. The number of carbonyl (C=O) groups excluding carboxylic acids is 6. The molecule has 3 saturated heterocycles. The first kappa shape index (κ1) is 36.1. The van der Waals surface area contributed by atoms with E-state index in [0.29, 0.717) is 0 Å². The Balaban J connectivity index is 2.10. The fourth-order valence-electron chi connectivity index (χ4n) is 4.96. The third-order valence-corrected chi connectivity index (χ3v) is 6.63. The van der Waals surface area contributed by atoms with Crippen molar-refractivity contribution in [3.05, 3.63) is 0 Å². The Kier molecular flexibility index (Phi) is 12.2. The van der Waals surface area contributed by atoms with Gasteiger partial charge in [-0.2, -0.15) is 0 Å². The van der Waals surface area contributed by atoms with Crippen molar-refractivity contribution in [1.82, 2.24) is 0 Å². The topological polar surface area (TPSA) is 213 Å². The van der Waals surface area contributed by atoms with E-state index in [0.717, 1.165) is 41.5 Å². The molecule has 0 aliphatic carbocycles. The first-order chi connectivity index (χ1) is 21.0. The number of esters is 6. The molecule has 3 fully saturated rings. The van der Waals surface area contributed by atoms with E-state index in [9.17, 15) is 28.8 Å². The maximum absolute atomic E-state index is 12.3. The first-order valence-electron chi connectivity index (χ1n) is 13.9. The van der Waals surface area contributed by atoms with Gasteiger partial charge in [0.25, 0.3) is 5.97 Å². The minimum absolute atomic E-state index is 0.415. The number of rotatable bonds is 11. The van der Waals surface area contributed by atoms with Gasteiger partial charge in [-0.15, -0.1) is 0 Å². The van der Waals surface area contributed by atoms with Gasteiger partial charge in [-0.25, -0.2) is 0 Å². The first-order valence-corrected chi connectivity index (χ1v) is 13.9. The largest absolute Gasteiger partial charge is 0.463 e. The summed E-state index contributed by atoms with van der Waals surface area (Å²) in [7, 11) is 1.30. The molecule has 0 saturated carbocycles. The molecule has 0 N–H and O–H groups in total. The van der Waals surface area contributed by atoms with E-state index in [1.807, 2.05) is 0 Å². The van der Waals surface area contributed by atoms with E-state index in [2.05, 4.69) is 0 Å². The van der Waals surface area contributed by atoms with Crippen molar-refractivity contribution < 1.29 is 85.6 Å². The molecule has 3 aliphatic heterocycles. The van der Waals surface area contributed by atoms with Crippen molar-refractivity contribution in [2.75, 3.05) is 20.3 Å². The highest BCUT2D eigenvalue weighted by Gasteiger charge is 2.61. The quantitative estimate of drug-likeness (QED) is 0.202. The van der Waals surface area contributed by atoms with Gasteiger partial charge in [0.05, 0.1) is 0 Å². The molecule has 0 bridgehead atoms. The van der Waals surface area contributed by atoms with Crippen molar-refractivity contribution in [2.24, 2.45) is 0 Å². The molecule has 18 heteroatoms. The van der Waals surface area contributed by atoms with Crippen molar-refractivity contribution in [2.45, 2.75) is 116 Å². The van der Waals surface area contributed by atoms with Gasteiger partial charge in [0, 0.05) is 55.6 Å². The number of fused-ring (bicyclic) bond motifs is 1. The summed E-state index contributed by atoms with van der Waals surface area (Å²) < 4.78 is 67.4. The van der Waals surface area contributed by atoms with Crippen LogP contribution in [0.1, 0.15) is 48.5 Å². The maximum Gasteiger partial charge on any atom is 0.303 e. The molecule has 11 atom stereocenters. The predicted molar refractivity (Wildman–Crippen MR) is 139 cm³/mol. The third-order valence-electron chi connectivity index (χ3n) is 6.63. The molecule has 1 unspecified atom stereocenters. The van der Waals surface area contributed by atoms with Gasteiger partial charge in [0.15, 0.2) is 37.0 Å². The average Bonchev–Trinajstić information content (AvgIpc) is 3.26. The second-order valence-electron chi connectivity index (χ2n) is 10.4. The van der Waals surface area contributed by atoms with Crippen LogP contribution >= 0.6 is 0 Å². The van der Waals surface area contributed by atoms with Gasteiger partial charge >= 0.3 is 35.8 Å². The zero-order chi connectivity index (χ0) is 33.6. The van der Waals surface area contributed by atoms with Crippen LogP contribution in [0.25, 0.3) is 0 Å². The van der Waals surface area contributed by atoms with Crippen LogP contribution in [0.15, 0.2) is 0 Å². The summed E-state index contributed by atoms with van der Waals surface area (Å²) in [6.45, 7) is 7.12. The van der Waals surface area contributed by atoms with Crippen LogP contribution in [0.2, 0.25) is 0 Å². The van der Waals surface area contributed by atoms with E-state index < -0.39 is 116 Å². The maximum atomic E-state index is 12.3. The highest BCUT2D eigenvalue weighted by atomic mass is 16.9. The number of carbonyl (C=O) groups is 6. The summed E-state index contributed by atoms with van der Waals surface area (Å²) in [5, 5.41) is 0. The van der Waals surface area contributed by atoms with Gasteiger partial charge in [-0.3, -0.25) is 33.5 Å². The summed E-state index contributed by atoms with van der Waals surface area (Å²) in [5.41, 5.74) is 0. The van der Waals surface area contributed by atoms with Crippen LogP contribution in [0, 0.1) is 0 Å². The third kappa shape index (κ3) is 9.54. The van der Waals surface area contributed by atoms with Gasteiger partial charge < -0.3 is 52.1 Å². The standard InChI is InChI=1S/C27H38O18/c1-11(28)35-9-17-19(37-13(3)30)21(39-15(5)32)23(40-16(6)33)25(41-17)43-22-20(38-14(4)31)18(10-36-12(2)29)42-26-24(22)44-27(7,34-8)45-26/h17-26H,9-10H2,1-8H3/t17-,18-,19-,20-,21+,22+,23+,24+,25-,26+,27?/m1/s1. The molecule has 3 heterocycles. The van der Waals surface area contributed by atoms with Gasteiger partial charge in [-0.05, 0) is 0 Å². The Morgan fingerprint density at radius 3 is 1.49 bits per heavy atom. The fraction of sp³-hybridized carbons (Fsp3) is 0.778. The van der Waals surface area contributed by atoms with Crippen LogP contribution < -0.4 is 0 Å². The number of hydrogen-bond acceptors (Lipinski definition) is 18. The Labute approximate surface area is 258 Å². The lowest BCUT2D eigenvalue weighted by Gasteiger charge is -2.47. The smallest absolute Gasteiger partial charge is 0.303 e. The molecular weight excluding hydrogens is 612 g/mol. The summed E-state index contributed by atoms with van der Waals surface area (Å²) in [4.78, 5) is 72.1. The Bertz CT molecular complexity index is 1130. The molecule has 254 valence electrons. The fourth-order valence-corrected chi connectivity index (χ4v) is 4.96. The lowest BCUT2D eigenvalue weighted by molar-refractivity contribution is -0.346. The molecule has 0 aromatic carbocycles. The summed E-state index contributed by atoms with van der Waals surface area (Å²) in [6, 6.07) is 0. The Hall–Kier alpha value is -3.42. The zero-order valence-corrected chi connectivity index (χ0v) is 26.0. The van der Waals surface area contributed by atoms with Crippen molar-refractivity contribution >= 4 is 35.8 Å². The van der Waals surface area contributed by atoms with E-state index in [1.54, 1.807) is 0 Å². The van der Waals surface area contributed by atoms with Crippen LogP contribution in [0.4, 0.5) is 0 Å². The highest BCUT2D eigenvalue weighted by molar-refractivity contribution is 5.69. The molecule has 18 nitrogen and oxygen atoms in total. The van der Waals surface area contributed by atoms with Crippen molar-refractivity contribution in [3.8, 4) is 0 Å². The van der Waals surface area contributed by atoms with Crippen molar-refractivity contribution in [1.29, 1.82) is 0 Å². The van der Waals surface area contributed by atoms with Crippen LogP contribution in [0.3, 0.4) is 0 Å². The van der Waals surface area contributed by atoms with Crippen LogP contribution in [0.5, 0.6) is 0 Å². The van der Waals surface area contributed by atoms with Crippen LogP contribution in [-0.4, -0.2) is 124 Å². The minimum atomic E-state index is -1.68. The molecule has 0 radical (unpaired) electrons. The zero-order valence-electron chi connectivity index (χ0n) is 26.0. The highest BCUT2D eigenvalue weighted by Crippen LogP contribution is 2.41. The number of methoxy groups -OCH3 is 1. The van der Waals surface area contributed by atoms with E-state index in [1.165, 1.54) is 14.0 Å². The molecule has 0 spiro atoms. The van der Waals surface area contributed by atoms with E-state index in [4.69, 9.17) is 56.8 Å². The molecule has 45 heavy (non-hydrogen) atoms. The number of ether oxygens (including phenoxy) is 12. The van der Waals surface area contributed by atoms with Crippen molar-refractivity contribution in [3.63, 3.8) is 0 Å². The van der Waals surface area contributed by atoms with Gasteiger partial charge in [0.2, 0.25) is 0 Å². The Morgan fingerprint density at radius 2 is 1.02 bits per heavy atom. The minimum Gasteiger partial charge on any atom is -0.463 e. The van der Waals surface area contributed by atoms with Crippen LogP contribution in [-0.2, 0) is 85.6 Å². The van der Waals surface area contributed by atoms with E-state index in [-0.39, 0.29) is 0 Å². The summed E-state index contributed by atoms with van der Waals surface area (Å²) in [5.74, 6) is -6.36. The molecule has 3 aliphatic rings. The lowest BCUT2D eigenvalue weighted by atomic mass is 9.96. The number of hydrogen-bond donors (Lipinski definition) is 0. The molecule has 0 amide bonds. The molecular formula is C27H38O18. The second kappa shape index (κ2) is 15.2. The second-order valence-corrected chi connectivity index (χ2v) is 10.4. The van der Waals surface area contributed by atoms with Gasteiger partial charge in [-0.1, -0.05) is 0 Å². The Morgan fingerprint density at radius 1 is 0.578 bits per heavy atom. The normalized spacial score (nSPS) is 35.7. The van der Waals surface area contributed by atoms with Gasteiger partial charge in [0.1, 0.15) is 37.6 Å². The monoisotopic (exact) mass is 650 g/mol. The summed E-state index contributed by atoms with van der Waals surface area (Å²) >= 11 is 0. The molecule has 0 aromatic heterocycles. The molecule has 3 rings (SSSR count).